The van der Waals surface area contributed by atoms with E-state index in [2.05, 4.69) is 10.0 Å². The van der Waals surface area contributed by atoms with Gasteiger partial charge in [0.15, 0.2) is 0 Å². The summed E-state index contributed by atoms with van der Waals surface area (Å²) in [6, 6.07) is 12.5. The molecule has 0 aromatic heterocycles. The summed E-state index contributed by atoms with van der Waals surface area (Å²) < 4.78 is 53.2. The number of nitro groups is 1. The van der Waals surface area contributed by atoms with E-state index in [4.69, 9.17) is 0 Å². The van der Waals surface area contributed by atoms with Crippen molar-refractivity contribution in [1.29, 1.82) is 0 Å². The number of sulfonamides is 1. The van der Waals surface area contributed by atoms with E-state index in [1.54, 1.807) is 0 Å². The van der Waals surface area contributed by atoms with Crippen molar-refractivity contribution in [2.45, 2.75) is 4.90 Å². The Kier molecular flexibility index (Phi) is 5.74. The fraction of sp³-hybridized carbons (Fsp3) is 0. The third-order valence-electron chi connectivity index (χ3n) is 3.92. The highest BCUT2D eigenvalue weighted by Gasteiger charge is 2.17. The lowest BCUT2D eigenvalue weighted by molar-refractivity contribution is -0.387. The molecule has 0 spiro atoms. The topological polar surface area (TPSA) is 118 Å². The highest BCUT2D eigenvalue weighted by molar-refractivity contribution is 7.92. The predicted octanol–water partition coefficient (Wildman–Crippen LogP) is 3.93. The predicted molar refractivity (Wildman–Crippen MR) is 105 cm³/mol. The minimum absolute atomic E-state index is 0.0224. The van der Waals surface area contributed by atoms with E-state index in [9.17, 15) is 32.1 Å². The molecule has 30 heavy (non-hydrogen) atoms. The number of hydrogen-bond acceptors (Lipinski definition) is 5. The molecule has 3 rings (SSSR count). The molecule has 0 aliphatic rings. The number of halogens is 2. The highest BCUT2D eigenvalue weighted by atomic mass is 32.2. The van der Waals surface area contributed by atoms with Crippen LogP contribution in [-0.2, 0) is 10.0 Å². The molecule has 0 aliphatic carbocycles. The lowest BCUT2D eigenvalue weighted by Crippen LogP contribution is -2.14. The summed E-state index contributed by atoms with van der Waals surface area (Å²) in [5.74, 6) is -2.24. The number of benzene rings is 3. The molecular formula is C19H13F2N3O5S. The van der Waals surface area contributed by atoms with Gasteiger partial charge >= 0.3 is 5.69 Å². The van der Waals surface area contributed by atoms with Gasteiger partial charge in [0.1, 0.15) is 5.82 Å². The zero-order chi connectivity index (χ0) is 21.9. The maximum atomic E-state index is 13.4. The Bertz CT molecular complexity index is 1210. The highest BCUT2D eigenvalue weighted by Crippen LogP contribution is 2.22. The number of anilines is 2. The minimum Gasteiger partial charge on any atom is -0.322 e. The lowest BCUT2D eigenvalue weighted by Gasteiger charge is -2.09. The molecule has 0 heterocycles. The van der Waals surface area contributed by atoms with Crippen molar-refractivity contribution in [3.05, 3.63) is 94.0 Å². The second kappa shape index (κ2) is 8.25. The van der Waals surface area contributed by atoms with Gasteiger partial charge in [-0.2, -0.15) is 4.39 Å². The molecule has 11 heteroatoms. The van der Waals surface area contributed by atoms with Crippen LogP contribution in [0, 0.1) is 21.7 Å². The normalized spacial score (nSPS) is 11.0. The third kappa shape index (κ3) is 4.75. The van der Waals surface area contributed by atoms with Crippen molar-refractivity contribution in [2.24, 2.45) is 0 Å². The number of nitro benzene ring substituents is 1. The van der Waals surface area contributed by atoms with Gasteiger partial charge in [0.2, 0.25) is 5.82 Å². The summed E-state index contributed by atoms with van der Waals surface area (Å²) in [5.41, 5.74) is -0.465. The van der Waals surface area contributed by atoms with Crippen LogP contribution in [0.5, 0.6) is 0 Å². The molecule has 0 radical (unpaired) electrons. The third-order valence-corrected chi connectivity index (χ3v) is 5.32. The number of nitrogens with zero attached hydrogens (tertiary/aromatic N) is 1. The van der Waals surface area contributed by atoms with E-state index >= 15 is 0 Å². The van der Waals surface area contributed by atoms with Gasteiger partial charge in [0.05, 0.1) is 9.82 Å². The maximum Gasteiger partial charge on any atom is 0.306 e. The number of carbonyl (C=O) groups excluding carboxylic acids is 1. The molecule has 8 nitrogen and oxygen atoms in total. The van der Waals surface area contributed by atoms with E-state index in [1.165, 1.54) is 30.3 Å². The van der Waals surface area contributed by atoms with Crippen LogP contribution in [0.15, 0.2) is 71.6 Å². The van der Waals surface area contributed by atoms with E-state index < -0.39 is 38.2 Å². The van der Waals surface area contributed by atoms with Crippen molar-refractivity contribution in [3.63, 3.8) is 0 Å². The van der Waals surface area contributed by atoms with Crippen LogP contribution in [0.2, 0.25) is 0 Å². The second-order valence-corrected chi connectivity index (χ2v) is 7.70. The first kappa shape index (κ1) is 20.9. The Labute approximate surface area is 169 Å². The summed E-state index contributed by atoms with van der Waals surface area (Å²) in [4.78, 5) is 22.0. The van der Waals surface area contributed by atoms with E-state index in [0.29, 0.717) is 0 Å². The molecule has 2 N–H and O–H groups in total. The quantitative estimate of drug-likeness (QED) is 0.451. The Morgan fingerprint density at radius 3 is 2.10 bits per heavy atom. The van der Waals surface area contributed by atoms with Crippen molar-refractivity contribution >= 4 is 33.0 Å². The number of nitrogens with one attached hydrogen (secondary N) is 2. The molecule has 0 aliphatic heterocycles. The Balaban J connectivity index is 1.72. The molecule has 154 valence electrons. The zero-order valence-electron chi connectivity index (χ0n) is 15.0. The summed E-state index contributed by atoms with van der Waals surface area (Å²) >= 11 is 0. The summed E-state index contributed by atoms with van der Waals surface area (Å²) in [5, 5.41) is 13.2. The average molecular weight is 433 g/mol. The first-order valence-corrected chi connectivity index (χ1v) is 9.78. The maximum absolute atomic E-state index is 13.4. The van der Waals surface area contributed by atoms with Crippen LogP contribution in [0.4, 0.5) is 25.8 Å². The van der Waals surface area contributed by atoms with Crippen LogP contribution in [0.3, 0.4) is 0 Å². The van der Waals surface area contributed by atoms with Gasteiger partial charge < -0.3 is 5.32 Å². The molecule has 3 aromatic rings. The van der Waals surface area contributed by atoms with Gasteiger partial charge in [0, 0.05) is 23.0 Å². The second-order valence-electron chi connectivity index (χ2n) is 6.01. The number of hydrogen-bond donors (Lipinski definition) is 2. The van der Waals surface area contributed by atoms with Crippen LogP contribution < -0.4 is 10.0 Å². The van der Waals surface area contributed by atoms with Crippen LogP contribution in [-0.4, -0.2) is 19.2 Å². The lowest BCUT2D eigenvalue weighted by atomic mass is 10.2. The number of amides is 1. The molecule has 1 amide bonds. The first-order chi connectivity index (χ1) is 14.2. The number of carbonyl (C=O) groups is 1. The summed E-state index contributed by atoms with van der Waals surface area (Å²) in [6.45, 7) is 0. The SMILES string of the molecule is O=C(Nc1ccc(F)c([N+](=O)[O-])c1)c1ccc(NS(=O)(=O)c2ccc(F)cc2)cc1. The molecular weight excluding hydrogens is 420 g/mol. The van der Waals surface area contributed by atoms with Gasteiger partial charge in [-0.15, -0.1) is 0 Å². The van der Waals surface area contributed by atoms with Crippen molar-refractivity contribution in [2.75, 3.05) is 10.0 Å². The van der Waals surface area contributed by atoms with E-state index in [-0.39, 0.29) is 21.8 Å². The van der Waals surface area contributed by atoms with E-state index in [0.717, 1.165) is 36.4 Å². The Morgan fingerprint density at radius 1 is 0.900 bits per heavy atom. The Hall–Kier alpha value is -3.86. The molecule has 0 bridgehead atoms. The average Bonchev–Trinajstić information content (AvgIpc) is 2.69. The van der Waals surface area contributed by atoms with Crippen molar-refractivity contribution in [1.82, 2.24) is 0 Å². The number of rotatable bonds is 6. The molecule has 3 aromatic carbocycles. The fourth-order valence-electron chi connectivity index (χ4n) is 2.45. The van der Waals surface area contributed by atoms with Crippen molar-refractivity contribution in [3.8, 4) is 0 Å². The van der Waals surface area contributed by atoms with Crippen LogP contribution in [0.1, 0.15) is 10.4 Å². The fourth-order valence-corrected chi connectivity index (χ4v) is 3.51. The minimum atomic E-state index is -3.95. The zero-order valence-corrected chi connectivity index (χ0v) is 15.8. The van der Waals surface area contributed by atoms with Gasteiger partial charge in [-0.05, 0) is 60.7 Å². The molecule has 0 saturated carbocycles. The standard InChI is InChI=1S/C19H13F2N3O5S/c20-13-3-8-16(9-4-13)30(28,29)23-14-5-1-12(2-6-14)19(25)22-15-7-10-17(21)18(11-15)24(26)27/h1-11,23H,(H,22,25). The van der Waals surface area contributed by atoms with Crippen LogP contribution in [0.25, 0.3) is 0 Å². The summed E-state index contributed by atoms with van der Waals surface area (Å²) in [7, 11) is -3.95. The van der Waals surface area contributed by atoms with Gasteiger partial charge in [-0.3, -0.25) is 19.6 Å². The Morgan fingerprint density at radius 2 is 1.50 bits per heavy atom. The molecule has 0 fully saturated rings. The summed E-state index contributed by atoms with van der Waals surface area (Å²) in [6.07, 6.45) is 0. The van der Waals surface area contributed by atoms with Crippen molar-refractivity contribution < 1.29 is 26.9 Å². The van der Waals surface area contributed by atoms with Gasteiger partial charge in [0.25, 0.3) is 15.9 Å². The van der Waals surface area contributed by atoms with Gasteiger partial charge in [-0.25, -0.2) is 12.8 Å². The van der Waals surface area contributed by atoms with E-state index in [1.807, 2.05) is 0 Å². The molecule has 0 unspecified atom stereocenters. The monoisotopic (exact) mass is 433 g/mol. The van der Waals surface area contributed by atoms with Crippen LogP contribution >= 0.6 is 0 Å². The first-order valence-electron chi connectivity index (χ1n) is 8.29. The molecule has 0 atom stereocenters. The van der Waals surface area contributed by atoms with Gasteiger partial charge in [-0.1, -0.05) is 0 Å². The smallest absolute Gasteiger partial charge is 0.306 e. The molecule has 0 saturated heterocycles. The largest absolute Gasteiger partial charge is 0.322 e.